The number of nitrogens with one attached hydrogen (secondary N) is 1. The molecular weight excluding hydrogens is 226 g/mol. The first-order chi connectivity index (χ1) is 8.05. The fraction of sp³-hybridized carbons (Fsp3) is 1.00. The first kappa shape index (κ1) is 13.7. The molecule has 1 N–H and O–H groups in total. The minimum atomic E-state index is 0.520. The summed E-state index contributed by atoms with van der Waals surface area (Å²) in [5.74, 6) is 3.69. The molecule has 1 saturated heterocycles. The van der Waals surface area contributed by atoms with Crippen LogP contribution in [0.25, 0.3) is 0 Å². The number of rotatable bonds is 2. The van der Waals surface area contributed by atoms with Gasteiger partial charge in [-0.05, 0) is 61.4 Å². The van der Waals surface area contributed by atoms with Crippen molar-refractivity contribution >= 4 is 11.8 Å². The molecule has 0 spiro atoms. The normalized spacial score (nSPS) is 32.6. The minimum absolute atomic E-state index is 0.520. The lowest BCUT2D eigenvalue weighted by Gasteiger charge is -2.38. The second-order valence-electron chi connectivity index (χ2n) is 6.97. The van der Waals surface area contributed by atoms with Gasteiger partial charge >= 0.3 is 0 Å². The SMILES string of the molecule is CC(C)(C)C1CCC(NC2CCSCC2)CC1. The van der Waals surface area contributed by atoms with Gasteiger partial charge in [-0.2, -0.15) is 11.8 Å². The highest BCUT2D eigenvalue weighted by Crippen LogP contribution is 2.38. The van der Waals surface area contributed by atoms with Crippen LogP contribution < -0.4 is 5.32 Å². The van der Waals surface area contributed by atoms with E-state index in [2.05, 4.69) is 37.8 Å². The standard InChI is InChI=1S/C15H29NS/c1-15(2,3)12-4-6-13(7-5-12)16-14-8-10-17-11-9-14/h12-14,16H,4-11H2,1-3H3. The van der Waals surface area contributed by atoms with Gasteiger partial charge in [-0.3, -0.25) is 0 Å². The molecule has 0 radical (unpaired) electrons. The Morgan fingerprint density at radius 2 is 1.35 bits per heavy atom. The molecule has 2 fully saturated rings. The molecule has 17 heavy (non-hydrogen) atoms. The third-order valence-corrected chi connectivity index (χ3v) is 5.69. The molecule has 0 aromatic rings. The Kier molecular flexibility index (Phi) is 4.82. The van der Waals surface area contributed by atoms with E-state index in [-0.39, 0.29) is 0 Å². The predicted octanol–water partition coefficient (Wildman–Crippen LogP) is 4.08. The van der Waals surface area contributed by atoms with Gasteiger partial charge in [0.1, 0.15) is 0 Å². The molecule has 2 rings (SSSR count). The average molecular weight is 255 g/mol. The highest BCUT2D eigenvalue weighted by atomic mass is 32.2. The molecule has 1 nitrogen and oxygen atoms in total. The quantitative estimate of drug-likeness (QED) is 0.798. The van der Waals surface area contributed by atoms with Crippen LogP contribution >= 0.6 is 11.8 Å². The van der Waals surface area contributed by atoms with E-state index >= 15 is 0 Å². The van der Waals surface area contributed by atoms with Crippen molar-refractivity contribution in [3.63, 3.8) is 0 Å². The third kappa shape index (κ3) is 4.17. The summed E-state index contributed by atoms with van der Waals surface area (Å²) in [5.41, 5.74) is 0.520. The molecule has 2 heteroatoms. The maximum Gasteiger partial charge on any atom is 0.00853 e. The van der Waals surface area contributed by atoms with Gasteiger partial charge in [0.25, 0.3) is 0 Å². The topological polar surface area (TPSA) is 12.0 Å². The van der Waals surface area contributed by atoms with E-state index in [0.717, 1.165) is 18.0 Å². The molecule has 0 bridgehead atoms. The van der Waals surface area contributed by atoms with Gasteiger partial charge in [0.2, 0.25) is 0 Å². The zero-order valence-electron chi connectivity index (χ0n) is 11.8. The van der Waals surface area contributed by atoms with E-state index in [4.69, 9.17) is 0 Å². The van der Waals surface area contributed by atoms with E-state index in [0.29, 0.717) is 5.41 Å². The van der Waals surface area contributed by atoms with E-state index in [1.807, 2.05) is 0 Å². The Labute approximate surface area is 112 Å². The second-order valence-corrected chi connectivity index (χ2v) is 8.19. The predicted molar refractivity (Wildman–Crippen MR) is 78.7 cm³/mol. The van der Waals surface area contributed by atoms with Crippen molar-refractivity contribution < 1.29 is 0 Å². The van der Waals surface area contributed by atoms with Gasteiger partial charge in [-0.1, -0.05) is 20.8 Å². The minimum Gasteiger partial charge on any atom is -0.311 e. The molecule has 0 unspecified atom stereocenters. The first-order valence-electron chi connectivity index (χ1n) is 7.39. The Bertz CT molecular complexity index is 220. The van der Waals surface area contributed by atoms with Crippen molar-refractivity contribution in [2.75, 3.05) is 11.5 Å². The summed E-state index contributed by atoms with van der Waals surface area (Å²) >= 11 is 2.12. The largest absolute Gasteiger partial charge is 0.311 e. The summed E-state index contributed by atoms with van der Waals surface area (Å²) in [6.07, 6.45) is 8.47. The monoisotopic (exact) mass is 255 g/mol. The van der Waals surface area contributed by atoms with E-state index in [1.54, 1.807) is 0 Å². The maximum absolute atomic E-state index is 3.92. The van der Waals surface area contributed by atoms with Gasteiger partial charge in [-0.25, -0.2) is 0 Å². The van der Waals surface area contributed by atoms with Crippen LogP contribution in [0.15, 0.2) is 0 Å². The maximum atomic E-state index is 3.92. The molecule has 0 aromatic heterocycles. The van der Waals surface area contributed by atoms with Gasteiger partial charge in [0.15, 0.2) is 0 Å². The van der Waals surface area contributed by atoms with Crippen LogP contribution in [0, 0.1) is 11.3 Å². The summed E-state index contributed by atoms with van der Waals surface area (Å²) in [4.78, 5) is 0. The van der Waals surface area contributed by atoms with Crippen molar-refractivity contribution in [1.82, 2.24) is 5.32 Å². The molecule has 1 aliphatic carbocycles. The van der Waals surface area contributed by atoms with Crippen LogP contribution in [0.2, 0.25) is 0 Å². The van der Waals surface area contributed by atoms with E-state index < -0.39 is 0 Å². The summed E-state index contributed by atoms with van der Waals surface area (Å²) in [7, 11) is 0. The van der Waals surface area contributed by atoms with E-state index in [1.165, 1.54) is 50.0 Å². The highest BCUT2D eigenvalue weighted by molar-refractivity contribution is 7.99. The molecule has 1 heterocycles. The van der Waals surface area contributed by atoms with Crippen molar-refractivity contribution in [3.8, 4) is 0 Å². The van der Waals surface area contributed by atoms with Crippen LogP contribution in [-0.2, 0) is 0 Å². The fourth-order valence-electron chi connectivity index (χ4n) is 3.32. The van der Waals surface area contributed by atoms with Crippen LogP contribution in [-0.4, -0.2) is 23.6 Å². The average Bonchev–Trinajstić information content (AvgIpc) is 2.30. The first-order valence-corrected chi connectivity index (χ1v) is 8.55. The number of thioether (sulfide) groups is 1. The molecule has 1 saturated carbocycles. The van der Waals surface area contributed by atoms with Crippen LogP contribution in [0.1, 0.15) is 59.3 Å². The number of hydrogen-bond acceptors (Lipinski definition) is 2. The summed E-state index contributed by atoms with van der Waals surface area (Å²) in [5, 5.41) is 3.92. The van der Waals surface area contributed by atoms with Crippen LogP contribution in [0.4, 0.5) is 0 Å². The van der Waals surface area contributed by atoms with Gasteiger partial charge in [0, 0.05) is 12.1 Å². The van der Waals surface area contributed by atoms with Gasteiger partial charge in [0.05, 0.1) is 0 Å². The van der Waals surface area contributed by atoms with E-state index in [9.17, 15) is 0 Å². The molecule has 1 aliphatic heterocycles. The Hall–Kier alpha value is 0.310. The molecule has 0 aromatic carbocycles. The summed E-state index contributed by atoms with van der Waals surface area (Å²) in [6.45, 7) is 7.22. The molecule has 0 amide bonds. The Balaban J connectivity index is 1.71. The lowest BCUT2D eigenvalue weighted by atomic mass is 9.71. The smallest absolute Gasteiger partial charge is 0.00853 e. The zero-order valence-corrected chi connectivity index (χ0v) is 12.6. The molecule has 2 aliphatic rings. The summed E-state index contributed by atoms with van der Waals surface area (Å²) < 4.78 is 0. The molecule has 100 valence electrons. The van der Waals surface area contributed by atoms with Crippen LogP contribution in [0.3, 0.4) is 0 Å². The Morgan fingerprint density at radius 1 is 0.824 bits per heavy atom. The van der Waals surface area contributed by atoms with Gasteiger partial charge in [-0.15, -0.1) is 0 Å². The summed E-state index contributed by atoms with van der Waals surface area (Å²) in [6, 6.07) is 1.65. The lowest BCUT2D eigenvalue weighted by Crippen LogP contribution is -2.43. The van der Waals surface area contributed by atoms with Gasteiger partial charge < -0.3 is 5.32 Å². The van der Waals surface area contributed by atoms with Crippen molar-refractivity contribution in [3.05, 3.63) is 0 Å². The fourth-order valence-corrected chi connectivity index (χ4v) is 4.43. The Morgan fingerprint density at radius 3 is 1.88 bits per heavy atom. The number of hydrogen-bond donors (Lipinski definition) is 1. The van der Waals surface area contributed by atoms with Crippen molar-refractivity contribution in [2.24, 2.45) is 11.3 Å². The second kappa shape index (κ2) is 5.97. The molecular formula is C15H29NS. The third-order valence-electron chi connectivity index (χ3n) is 4.64. The highest BCUT2D eigenvalue weighted by Gasteiger charge is 2.30. The molecule has 0 atom stereocenters. The van der Waals surface area contributed by atoms with Crippen molar-refractivity contribution in [2.45, 2.75) is 71.4 Å². The lowest BCUT2D eigenvalue weighted by molar-refractivity contribution is 0.155. The van der Waals surface area contributed by atoms with Crippen LogP contribution in [0.5, 0.6) is 0 Å². The zero-order chi connectivity index (χ0) is 12.3. The van der Waals surface area contributed by atoms with Crippen molar-refractivity contribution in [1.29, 1.82) is 0 Å².